The van der Waals surface area contributed by atoms with Crippen LogP contribution in [0.3, 0.4) is 0 Å². The minimum Gasteiger partial charge on any atom is -0.486 e. The van der Waals surface area contributed by atoms with Crippen molar-refractivity contribution in [1.29, 1.82) is 0 Å². The number of hydrogen-bond donors (Lipinski definition) is 1. The van der Waals surface area contributed by atoms with Gasteiger partial charge in [-0.05, 0) is 36.4 Å². The van der Waals surface area contributed by atoms with Gasteiger partial charge in [0.15, 0.2) is 11.5 Å². The summed E-state index contributed by atoms with van der Waals surface area (Å²) in [6, 6.07) is 15.0. The average molecular weight is 361 g/mol. The molecule has 3 heterocycles. The lowest BCUT2D eigenvalue weighted by Crippen LogP contribution is -2.34. The third-order valence-corrected chi connectivity index (χ3v) is 4.30. The largest absolute Gasteiger partial charge is 0.486 e. The molecule has 0 saturated carbocycles. The molecule has 3 aromatic rings. The van der Waals surface area contributed by atoms with Crippen LogP contribution < -0.4 is 14.8 Å². The van der Waals surface area contributed by atoms with Crippen molar-refractivity contribution < 1.29 is 14.3 Å². The third kappa shape index (κ3) is 4.06. The molecule has 27 heavy (non-hydrogen) atoms. The number of hydrogen-bond acceptors (Lipinski definition) is 5. The zero-order valence-electron chi connectivity index (χ0n) is 14.7. The van der Waals surface area contributed by atoms with Crippen LogP contribution in [0.4, 0.5) is 0 Å². The van der Waals surface area contributed by atoms with E-state index in [-0.39, 0.29) is 12.0 Å². The van der Waals surface area contributed by atoms with Gasteiger partial charge in [0.2, 0.25) is 0 Å². The summed E-state index contributed by atoms with van der Waals surface area (Å²) in [6.07, 6.45) is 5.62. The Morgan fingerprint density at radius 2 is 1.96 bits per heavy atom. The lowest BCUT2D eigenvalue weighted by molar-refractivity contribution is 0.0812. The number of rotatable bonds is 5. The van der Waals surface area contributed by atoms with E-state index in [9.17, 15) is 4.79 Å². The van der Waals surface area contributed by atoms with Crippen molar-refractivity contribution in [2.24, 2.45) is 0 Å². The molecule has 1 aliphatic heterocycles. The molecule has 0 aliphatic carbocycles. The number of ether oxygens (including phenoxy) is 2. The summed E-state index contributed by atoms with van der Waals surface area (Å²) in [5.41, 5.74) is 2.22. The predicted molar refractivity (Wildman–Crippen MR) is 101 cm³/mol. The standard InChI is InChI=1S/C21H19N3O3/c25-21(16-7-8-18(24-13-16)15-4-3-10-22-12-15)23-11-9-17-14-26-19-5-1-2-6-20(19)27-17/h1-8,10,12-13,17H,9,11,14H2,(H,23,25)/t17-/m1/s1. The first-order valence-electron chi connectivity index (χ1n) is 8.83. The summed E-state index contributed by atoms with van der Waals surface area (Å²) >= 11 is 0. The summed E-state index contributed by atoms with van der Waals surface area (Å²) in [7, 11) is 0. The quantitative estimate of drug-likeness (QED) is 0.756. The van der Waals surface area contributed by atoms with Crippen molar-refractivity contribution in [2.75, 3.05) is 13.2 Å². The summed E-state index contributed by atoms with van der Waals surface area (Å²) in [6.45, 7) is 0.980. The van der Waals surface area contributed by atoms with Gasteiger partial charge >= 0.3 is 0 Å². The van der Waals surface area contributed by atoms with Crippen molar-refractivity contribution >= 4 is 5.91 Å². The molecule has 0 fully saturated rings. The van der Waals surface area contributed by atoms with Crippen molar-refractivity contribution in [3.8, 4) is 22.8 Å². The summed E-state index contributed by atoms with van der Waals surface area (Å²) in [4.78, 5) is 20.7. The molecule has 0 radical (unpaired) electrons. The molecule has 136 valence electrons. The molecule has 2 aromatic heterocycles. The summed E-state index contributed by atoms with van der Waals surface area (Å²) in [5, 5.41) is 2.90. The van der Waals surface area contributed by atoms with E-state index in [4.69, 9.17) is 9.47 Å². The first kappa shape index (κ1) is 17.0. The van der Waals surface area contributed by atoms with Gasteiger partial charge in [-0.1, -0.05) is 12.1 Å². The van der Waals surface area contributed by atoms with Crippen LogP contribution in [0.5, 0.6) is 11.5 Å². The van der Waals surface area contributed by atoms with E-state index >= 15 is 0 Å². The second-order valence-electron chi connectivity index (χ2n) is 6.22. The Kier molecular flexibility index (Phi) is 4.96. The maximum atomic E-state index is 12.3. The van der Waals surface area contributed by atoms with Crippen LogP contribution in [0, 0.1) is 0 Å². The van der Waals surface area contributed by atoms with E-state index in [1.807, 2.05) is 42.5 Å². The lowest BCUT2D eigenvalue weighted by atomic mass is 10.1. The molecule has 1 N–H and O–H groups in total. The molecule has 6 nitrogen and oxygen atoms in total. The van der Waals surface area contributed by atoms with Gasteiger partial charge in [-0.15, -0.1) is 0 Å². The summed E-state index contributed by atoms with van der Waals surface area (Å²) in [5.74, 6) is 1.35. The fraction of sp³-hybridized carbons (Fsp3) is 0.190. The molecule has 1 atom stereocenters. The number of amides is 1. The van der Waals surface area contributed by atoms with Gasteiger partial charge in [-0.25, -0.2) is 0 Å². The molecule has 4 rings (SSSR count). The van der Waals surface area contributed by atoms with Gasteiger partial charge in [0, 0.05) is 37.1 Å². The van der Waals surface area contributed by atoms with Crippen LogP contribution in [0.25, 0.3) is 11.3 Å². The van der Waals surface area contributed by atoms with E-state index in [1.54, 1.807) is 24.7 Å². The molecular weight excluding hydrogens is 342 g/mol. The van der Waals surface area contributed by atoms with E-state index in [2.05, 4.69) is 15.3 Å². The van der Waals surface area contributed by atoms with Gasteiger partial charge in [-0.2, -0.15) is 0 Å². The van der Waals surface area contributed by atoms with Gasteiger partial charge < -0.3 is 14.8 Å². The number of nitrogens with zero attached hydrogens (tertiary/aromatic N) is 2. The molecule has 0 spiro atoms. The number of carbonyl (C=O) groups excluding carboxylic acids is 1. The molecule has 0 saturated heterocycles. The van der Waals surface area contributed by atoms with Crippen LogP contribution in [-0.2, 0) is 0 Å². The Morgan fingerprint density at radius 3 is 2.74 bits per heavy atom. The second kappa shape index (κ2) is 7.86. The first-order valence-corrected chi connectivity index (χ1v) is 8.83. The number of carbonyl (C=O) groups is 1. The van der Waals surface area contributed by atoms with Gasteiger partial charge in [0.05, 0.1) is 11.3 Å². The van der Waals surface area contributed by atoms with Crippen LogP contribution in [-0.4, -0.2) is 35.1 Å². The van der Waals surface area contributed by atoms with E-state index in [0.29, 0.717) is 25.1 Å². The number of aromatic nitrogens is 2. The Balaban J connectivity index is 1.29. The molecule has 0 bridgehead atoms. The number of pyridine rings is 2. The average Bonchev–Trinajstić information content (AvgIpc) is 2.74. The zero-order chi connectivity index (χ0) is 18.5. The number of para-hydroxylation sites is 2. The fourth-order valence-electron chi connectivity index (χ4n) is 2.87. The maximum absolute atomic E-state index is 12.3. The monoisotopic (exact) mass is 361 g/mol. The highest BCUT2D eigenvalue weighted by Gasteiger charge is 2.20. The fourth-order valence-corrected chi connectivity index (χ4v) is 2.87. The highest BCUT2D eigenvalue weighted by Crippen LogP contribution is 2.31. The Morgan fingerprint density at radius 1 is 1.07 bits per heavy atom. The van der Waals surface area contributed by atoms with E-state index in [0.717, 1.165) is 22.8 Å². The molecule has 6 heteroatoms. The zero-order valence-corrected chi connectivity index (χ0v) is 14.7. The molecule has 1 aromatic carbocycles. The van der Waals surface area contributed by atoms with Gasteiger partial charge in [0.25, 0.3) is 5.91 Å². The number of fused-ring (bicyclic) bond motifs is 1. The van der Waals surface area contributed by atoms with Crippen LogP contribution in [0.1, 0.15) is 16.8 Å². The molecule has 1 amide bonds. The molecule has 0 unspecified atom stereocenters. The predicted octanol–water partition coefficient (Wildman–Crippen LogP) is 3.10. The van der Waals surface area contributed by atoms with Crippen molar-refractivity contribution in [3.63, 3.8) is 0 Å². The molecule has 1 aliphatic rings. The second-order valence-corrected chi connectivity index (χ2v) is 6.22. The maximum Gasteiger partial charge on any atom is 0.252 e. The topological polar surface area (TPSA) is 73.3 Å². The Hall–Kier alpha value is -3.41. The van der Waals surface area contributed by atoms with E-state index < -0.39 is 0 Å². The van der Waals surface area contributed by atoms with Crippen molar-refractivity contribution in [2.45, 2.75) is 12.5 Å². The van der Waals surface area contributed by atoms with Crippen LogP contribution >= 0.6 is 0 Å². The Bertz CT molecular complexity index is 913. The van der Waals surface area contributed by atoms with Crippen LogP contribution in [0.15, 0.2) is 67.1 Å². The van der Waals surface area contributed by atoms with Crippen molar-refractivity contribution in [1.82, 2.24) is 15.3 Å². The SMILES string of the molecule is O=C(NCC[C@@H]1COc2ccccc2O1)c1ccc(-c2cccnc2)nc1. The highest BCUT2D eigenvalue weighted by atomic mass is 16.6. The number of nitrogens with one attached hydrogen (secondary N) is 1. The van der Waals surface area contributed by atoms with Gasteiger partial charge in [-0.3, -0.25) is 14.8 Å². The smallest absolute Gasteiger partial charge is 0.252 e. The lowest BCUT2D eigenvalue weighted by Gasteiger charge is -2.26. The molecular formula is C21H19N3O3. The Labute approximate surface area is 157 Å². The number of benzene rings is 1. The van der Waals surface area contributed by atoms with E-state index in [1.165, 1.54) is 0 Å². The normalized spacial score (nSPS) is 15.2. The van der Waals surface area contributed by atoms with Gasteiger partial charge in [0.1, 0.15) is 12.7 Å². The van der Waals surface area contributed by atoms with Crippen molar-refractivity contribution in [3.05, 3.63) is 72.7 Å². The minimum absolute atomic E-state index is 0.0775. The van der Waals surface area contributed by atoms with Crippen LogP contribution in [0.2, 0.25) is 0 Å². The first-order chi connectivity index (χ1) is 13.3. The highest BCUT2D eigenvalue weighted by molar-refractivity contribution is 5.94. The summed E-state index contributed by atoms with van der Waals surface area (Å²) < 4.78 is 11.6. The minimum atomic E-state index is -0.155. The third-order valence-electron chi connectivity index (χ3n) is 4.30.